The third kappa shape index (κ3) is 2.01. The summed E-state index contributed by atoms with van der Waals surface area (Å²) in [6.45, 7) is 2.22. The van der Waals surface area contributed by atoms with Crippen molar-refractivity contribution in [3.8, 4) is 0 Å². The zero-order valence-electron chi connectivity index (χ0n) is 8.03. The molecule has 1 aliphatic rings. The van der Waals surface area contributed by atoms with Gasteiger partial charge in [0.2, 0.25) is 0 Å². The van der Waals surface area contributed by atoms with Crippen molar-refractivity contribution >= 4 is 23.0 Å². The molecule has 0 radical (unpaired) electrons. The molecule has 0 spiro atoms. The van der Waals surface area contributed by atoms with Gasteiger partial charge in [-0.3, -0.25) is 0 Å². The number of anilines is 1. The summed E-state index contributed by atoms with van der Waals surface area (Å²) < 4.78 is 0. The van der Waals surface area contributed by atoms with Crippen molar-refractivity contribution in [3.63, 3.8) is 0 Å². The molecule has 0 amide bonds. The molecular weight excluding hydrogens is 194 g/mol. The van der Waals surface area contributed by atoms with E-state index in [1.165, 1.54) is 6.42 Å². The normalized spacial score (nSPS) is 24.4. The summed E-state index contributed by atoms with van der Waals surface area (Å²) in [5.74, 6) is 1.62. The maximum Gasteiger partial charge on any atom is 0.126 e. The first-order valence-corrected chi connectivity index (χ1v) is 5.10. The molecule has 1 saturated carbocycles. The van der Waals surface area contributed by atoms with Gasteiger partial charge < -0.3 is 11.1 Å². The summed E-state index contributed by atoms with van der Waals surface area (Å²) in [6.07, 6.45) is 2.95. The minimum atomic E-state index is 0.416. The molecule has 14 heavy (non-hydrogen) atoms. The Kier molecular flexibility index (Phi) is 2.37. The summed E-state index contributed by atoms with van der Waals surface area (Å²) in [4.78, 5) is 4.63. The van der Waals surface area contributed by atoms with Crippen LogP contribution in [-0.4, -0.2) is 16.0 Å². The fourth-order valence-corrected chi connectivity index (χ4v) is 1.50. The molecule has 3 N–H and O–H groups in total. The van der Waals surface area contributed by atoms with Crippen molar-refractivity contribution < 1.29 is 0 Å². The molecule has 0 bridgehead atoms. The Morgan fingerprint density at radius 2 is 2.43 bits per heavy atom. The highest BCUT2D eigenvalue weighted by molar-refractivity contribution is 7.80. The predicted octanol–water partition coefficient (Wildman–Crippen LogP) is 1.54. The van der Waals surface area contributed by atoms with Gasteiger partial charge in [-0.15, -0.1) is 0 Å². The van der Waals surface area contributed by atoms with E-state index in [0.29, 0.717) is 11.0 Å². The van der Waals surface area contributed by atoms with Crippen LogP contribution in [0.4, 0.5) is 5.82 Å². The van der Waals surface area contributed by atoms with Crippen LogP contribution in [0.5, 0.6) is 0 Å². The molecular formula is C10H13N3S. The van der Waals surface area contributed by atoms with Crippen molar-refractivity contribution in [2.24, 2.45) is 11.7 Å². The number of pyridine rings is 1. The molecule has 4 heteroatoms. The van der Waals surface area contributed by atoms with E-state index in [9.17, 15) is 0 Å². The minimum Gasteiger partial charge on any atom is -0.389 e. The van der Waals surface area contributed by atoms with E-state index < -0.39 is 0 Å². The summed E-state index contributed by atoms with van der Waals surface area (Å²) in [7, 11) is 0. The minimum absolute atomic E-state index is 0.416. The highest BCUT2D eigenvalue weighted by atomic mass is 32.1. The van der Waals surface area contributed by atoms with Crippen molar-refractivity contribution in [2.45, 2.75) is 19.4 Å². The van der Waals surface area contributed by atoms with Gasteiger partial charge in [0.15, 0.2) is 0 Å². The van der Waals surface area contributed by atoms with Gasteiger partial charge in [-0.2, -0.15) is 0 Å². The van der Waals surface area contributed by atoms with Crippen molar-refractivity contribution in [2.75, 3.05) is 5.32 Å². The van der Waals surface area contributed by atoms with E-state index in [1.54, 1.807) is 6.20 Å². The Morgan fingerprint density at radius 3 is 3.00 bits per heavy atom. The van der Waals surface area contributed by atoms with Crippen LogP contribution in [-0.2, 0) is 0 Å². The number of hydrogen-bond acceptors (Lipinski definition) is 3. The Labute approximate surface area is 88.7 Å². The van der Waals surface area contributed by atoms with E-state index in [4.69, 9.17) is 18.0 Å². The number of thiocarbonyl (C=S) groups is 1. The molecule has 74 valence electrons. The average Bonchev–Trinajstić information content (AvgIpc) is 2.82. The second-order valence-electron chi connectivity index (χ2n) is 3.76. The summed E-state index contributed by atoms with van der Waals surface area (Å²) >= 11 is 4.90. The van der Waals surface area contributed by atoms with Crippen LogP contribution in [0, 0.1) is 5.92 Å². The van der Waals surface area contributed by atoms with Gasteiger partial charge in [-0.1, -0.05) is 19.1 Å². The van der Waals surface area contributed by atoms with Gasteiger partial charge in [0.05, 0.1) is 0 Å². The largest absolute Gasteiger partial charge is 0.389 e. The van der Waals surface area contributed by atoms with Crippen molar-refractivity contribution in [1.29, 1.82) is 0 Å². The van der Waals surface area contributed by atoms with E-state index >= 15 is 0 Å². The second-order valence-corrected chi connectivity index (χ2v) is 4.20. The number of hydrogen-bond donors (Lipinski definition) is 2. The molecule has 0 saturated heterocycles. The zero-order valence-corrected chi connectivity index (χ0v) is 8.84. The quantitative estimate of drug-likeness (QED) is 0.738. The lowest BCUT2D eigenvalue weighted by Gasteiger charge is -2.05. The molecule has 2 rings (SSSR count). The maximum absolute atomic E-state index is 5.53. The van der Waals surface area contributed by atoms with E-state index in [1.807, 2.05) is 12.1 Å². The van der Waals surface area contributed by atoms with Gasteiger partial charge in [-0.05, 0) is 24.5 Å². The van der Waals surface area contributed by atoms with E-state index in [-0.39, 0.29) is 0 Å². The zero-order chi connectivity index (χ0) is 10.1. The van der Waals surface area contributed by atoms with Crippen LogP contribution in [0.15, 0.2) is 18.3 Å². The number of nitrogens with zero attached hydrogens (tertiary/aromatic N) is 1. The van der Waals surface area contributed by atoms with Gasteiger partial charge in [0, 0.05) is 17.8 Å². The lowest BCUT2D eigenvalue weighted by Crippen LogP contribution is -2.11. The molecule has 2 unspecified atom stereocenters. The van der Waals surface area contributed by atoms with Crippen LogP contribution in [0.2, 0.25) is 0 Å². The maximum atomic E-state index is 5.53. The van der Waals surface area contributed by atoms with Crippen LogP contribution in [0.25, 0.3) is 0 Å². The number of nitrogens with two attached hydrogens (primary N) is 1. The standard InChI is InChI=1S/C10H13N3S/c1-6-4-8(6)13-9-5-7(10(11)14)2-3-12-9/h2-3,5-6,8H,4H2,1H3,(H2,11,14)(H,12,13). The topological polar surface area (TPSA) is 50.9 Å². The molecule has 1 aliphatic carbocycles. The summed E-state index contributed by atoms with van der Waals surface area (Å²) in [6, 6.07) is 4.29. The molecule has 3 nitrogen and oxygen atoms in total. The summed E-state index contributed by atoms with van der Waals surface area (Å²) in [5, 5.41) is 3.33. The number of aromatic nitrogens is 1. The molecule has 1 aromatic heterocycles. The first kappa shape index (κ1) is 9.40. The highest BCUT2D eigenvalue weighted by Gasteiger charge is 2.32. The second kappa shape index (κ2) is 3.53. The number of rotatable bonds is 3. The van der Waals surface area contributed by atoms with Crippen LogP contribution in [0.3, 0.4) is 0 Å². The third-order valence-electron chi connectivity index (χ3n) is 2.49. The van der Waals surface area contributed by atoms with Crippen LogP contribution in [0.1, 0.15) is 18.9 Å². The first-order valence-electron chi connectivity index (χ1n) is 4.69. The smallest absolute Gasteiger partial charge is 0.126 e. The van der Waals surface area contributed by atoms with E-state index in [0.717, 1.165) is 17.3 Å². The average molecular weight is 207 g/mol. The molecule has 1 heterocycles. The summed E-state index contributed by atoms with van der Waals surface area (Å²) in [5.41, 5.74) is 6.40. The Bertz CT molecular complexity index is 364. The SMILES string of the molecule is CC1CC1Nc1cc(C(N)=S)ccn1. The number of nitrogens with one attached hydrogen (secondary N) is 1. The van der Waals surface area contributed by atoms with Gasteiger partial charge in [0.25, 0.3) is 0 Å². The van der Waals surface area contributed by atoms with Crippen molar-refractivity contribution in [3.05, 3.63) is 23.9 Å². The molecule has 1 fully saturated rings. The van der Waals surface area contributed by atoms with E-state index in [2.05, 4.69) is 17.2 Å². The fraction of sp³-hybridized carbons (Fsp3) is 0.400. The van der Waals surface area contributed by atoms with Gasteiger partial charge in [0.1, 0.15) is 10.8 Å². The molecule has 0 aliphatic heterocycles. The molecule has 0 aromatic carbocycles. The third-order valence-corrected chi connectivity index (χ3v) is 2.72. The first-order chi connectivity index (χ1) is 6.66. The monoisotopic (exact) mass is 207 g/mol. The van der Waals surface area contributed by atoms with Crippen molar-refractivity contribution in [1.82, 2.24) is 4.98 Å². The Hall–Kier alpha value is -1.16. The lowest BCUT2D eigenvalue weighted by atomic mass is 10.2. The van der Waals surface area contributed by atoms with Gasteiger partial charge in [-0.25, -0.2) is 4.98 Å². The fourth-order valence-electron chi connectivity index (χ4n) is 1.38. The highest BCUT2D eigenvalue weighted by Crippen LogP contribution is 2.32. The molecule has 2 atom stereocenters. The van der Waals surface area contributed by atoms with Gasteiger partial charge >= 0.3 is 0 Å². The Morgan fingerprint density at radius 1 is 1.71 bits per heavy atom. The predicted molar refractivity (Wildman–Crippen MR) is 61.3 cm³/mol. The van der Waals surface area contributed by atoms with Crippen LogP contribution < -0.4 is 11.1 Å². The Balaban J connectivity index is 2.10. The van der Waals surface area contributed by atoms with Crippen LogP contribution >= 0.6 is 12.2 Å². The lowest BCUT2D eigenvalue weighted by molar-refractivity contribution is 0.923. The molecule has 1 aromatic rings.